The van der Waals surface area contributed by atoms with E-state index in [1.54, 1.807) is 0 Å². The fourth-order valence-electron chi connectivity index (χ4n) is 5.79. The minimum Gasteiger partial charge on any atom is -0.368 e. The maximum atomic E-state index is 14.2. The molecular weight excluding hydrogens is 440 g/mol. The Morgan fingerprint density at radius 2 is 1.51 bits per heavy atom. The molecule has 1 unspecified atom stereocenters. The number of piperazine rings is 1. The number of carbonyl (C=O) groups excluding carboxylic acids is 3. The van der Waals surface area contributed by atoms with Crippen molar-refractivity contribution < 1.29 is 14.4 Å². The topological polar surface area (TPSA) is 73.0 Å². The summed E-state index contributed by atoms with van der Waals surface area (Å²) in [5, 5.41) is 2.54. The van der Waals surface area contributed by atoms with Crippen LogP contribution in [-0.4, -0.2) is 48.4 Å². The third-order valence-corrected chi connectivity index (χ3v) is 7.52. The van der Waals surface area contributed by atoms with Crippen LogP contribution in [0.3, 0.4) is 0 Å². The average molecular weight is 467 g/mol. The molecule has 7 nitrogen and oxygen atoms in total. The van der Waals surface area contributed by atoms with Crippen LogP contribution in [0.1, 0.15) is 11.1 Å². The summed E-state index contributed by atoms with van der Waals surface area (Å²) in [6, 6.07) is 26.4. The Hall–Kier alpha value is -4.13. The highest BCUT2D eigenvalue weighted by atomic mass is 16.2. The van der Waals surface area contributed by atoms with Crippen LogP contribution in [0, 0.1) is 5.41 Å². The molecule has 35 heavy (non-hydrogen) atoms. The molecule has 2 saturated heterocycles. The largest absolute Gasteiger partial charge is 0.368 e. The smallest absolute Gasteiger partial charge is 0.331 e. The molecule has 4 amide bonds. The molecule has 2 atom stereocenters. The number of anilines is 2. The molecule has 6 rings (SSSR count). The van der Waals surface area contributed by atoms with E-state index in [4.69, 9.17) is 0 Å². The highest BCUT2D eigenvalue weighted by Gasteiger charge is 2.62. The lowest BCUT2D eigenvalue weighted by molar-refractivity contribution is -0.154. The van der Waals surface area contributed by atoms with Gasteiger partial charge in [0.05, 0.1) is 12.6 Å². The van der Waals surface area contributed by atoms with Crippen LogP contribution in [0.15, 0.2) is 84.9 Å². The van der Waals surface area contributed by atoms with Gasteiger partial charge in [0.2, 0.25) is 11.8 Å². The van der Waals surface area contributed by atoms with E-state index < -0.39 is 29.3 Å². The van der Waals surface area contributed by atoms with E-state index in [-0.39, 0.29) is 13.0 Å². The highest BCUT2D eigenvalue weighted by Crippen LogP contribution is 2.46. The maximum absolute atomic E-state index is 14.2. The van der Waals surface area contributed by atoms with Crippen LogP contribution in [-0.2, 0) is 22.6 Å². The van der Waals surface area contributed by atoms with Gasteiger partial charge in [-0.2, -0.15) is 0 Å². The van der Waals surface area contributed by atoms with Crippen LogP contribution in [0.2, 0.25) is 0 Å². The molecule has 0 aromatic heterocycles. The molecule has 0 radical (unpaired) electrons. The van der Waals surface area contributed by atoms with Crippen LogP contribution < -0.4 is 15.1 Å². The Morgan fingerprint density at radius 1 is 0.829 bits per heavy atom. The fourth-order valence-corrected chi connectivity index (χ4v) is 5.79. The number of nitrogens with zero attached hydrogens (tertiary/aromatic N) is 3. The second-order valence-electron chi connectivity index (χ2n) is 9.40. The number of benzene rings is 3. The quantitative estimate of drug-likeness (QED) is 0.601. The number of barbiturate groups is 1. The molecule has 1 spiro atoms. The maximum Gasteiger partial charge on any atom is 0.331 e. The van der Waals surface area contributed by atoms with Gasteiger partial charge >= 0.3 is 6.03 Å². The normalized spacial score (nSPS) is 23.7. The van der Waals surface area contributed by atoms with Gasteiger partial charge in [-0.3, -0.25) is 19.8 Å². The first-order chi connectivity index (χ1) is 17.1. The van der Waals surface area contributed by atoms with Gasteiger partial charge in [-0.25, -0.2) is 4.79 Å². The molecule has 2 fully saturated rings. The molecule has 7 heteroatoms. The van der Waals surface area contributed by atoms with Gasteiger partial charge in [0.25, 0.3) is 0 Å². The molecule has 3 aromatic rings. The molecule has 0 aliphatic carbocycles. The summed E-state index contributed by atoms with van der Waals surface area (Å²) in [6.07, 6.45) is 0.260. The third kappa shape index (κ3) is 3.38. The Morgan fingerprint density at radius 3 is 2.29 bits per heavy atom. The zero-order chi connectivity index (χ0) is 24.0. The number of imide groups is 2. The molecule has 3 aliphatic heterocycles. The third-order valence-electron chi connectivity index (χ3n) is 7.52. The fraction of sp³-hybridized carbons (Fsp3) is 0.250. The summed E-state index contributed by atoms with van der Waals surface area (Å²) in [4.78, 5) is 46.4. The van der Waals surface area contributed by atoms with Gasteiger partial charge in [0.15, 0.2) is 5.41 Å². The zero-order valence-electron chi connectivity index (χ0n) is 19.3. The predicted octanol–water partition coefficient (Wildman–Crippen LogP) is 3.20. The lowest BCUT2D eigenvalue weighted by Crippen LogP contribution is -2.75. The molecule has 3 heterocycles. The van der Waals surface area contributed by atoms with Crippen molar-refractivity contribution in [3.63, 3.8) is 0 Å². The minimum atomic E-state index is -1.40. The number of urea groups is 1. The monoisotopic (exact) mass is 466 g/mol. The number of fused-ring (bicyclic) bond motifs is 4. The van der Waals surface area contributed by atoms with Gasteiger partial charge in [-0.15, -0.1) is 0 Å². The first kappa shape index (κ1) is 21.4. The summed E-state index contributed by atoms with van der Waals surface area (Å²) in [5.74, 6) is -0.925. The first-order valence-corrected chi connectivity index (χ1v) is 11.9. The van der Waals surface area contributed by atoms with E-state index in [2.05, 4.69) is 21.2 Å². The van der Waals surface area contributed by atoms with Crippen LogP contribution >= 0.6 is 0 Å². The summed E-state index contributed by atoms with van der Waals surface area (Å²) in [6.45, 7) is 2.07. The zero-order valence-corrected chi connectivity index (χ0v) is 19.3. The van der Waals surface area contributed by atoms with Crippen molar-refractivity contribution in [2.24, 2.45) is 5.41 Å². The van der Waals surface area contributed by atoms with E-state index in [1.165, 1.54) is 4.90 Å². The molecule has 3 aliphatic rings. The van der Waals surface area contributed by atoms with Crippen molar-refractivity contribution in [3.8, 4) is 0 Å². The lowest BCUT2D eigenvalue weighted by Gasteiger charge is -2.55. The molecule has 1 N–H and O–H groups in total. The van der Waals surface area contributed by atoms with Crippen LogP contribution in [0.4, 0.5) is 16.2 Å². The second-order valence-corrected chi connectivity index (χ2v) is 9.40. The number of rotatable bonds is 3. The molecule has 3 aromatic carbocycles. The second kappa shape index (κ2) is 8.27. The summed E-state index contributed by atoms with van der Waals surface area (Å²) < 4.78 is 0. The Balaban J connectivity index is 1.44. The van der Waals surface area contributed by atoms with E-state index >= 15 is 0 Å². The highest BCUT2D eigenvalue weighted by molar-refractivity contribution is 6.20. The Labute approximate surface area is 203 Å². The van der Waals surface area contributed by atoms with Crippen molar-refractivity contribution >= 4 is 29.2 Å². The van der Waals surface area contributed by atoms with E-state index in [1.807, 2.05) is 78.9 Å². The van der Waals surface area contributed by atoms with Crippen molar-refractivity contribution in [2.45, 2.75) is 19.0 Å². The van der Waals surface area contributed by atoms with Crippen molar-refractivity contribution in [1.82, 2.24) is 10.2 Å². The minimum absolute atomic E-state index is 0.122. The number of para-hydroxylation sites is 2. The molecule has 0 bridgehead atoms. The van der Waals surface area contributed by atoms with E-state index in [0.717, 1.165) is 29.0 Å². The predicted molar refractivity (Wildman–Crippen MR) is 133 cm³/mol. The van der Waals surface area contributed by atoms with E-state index in [9.17, 15) is 14.4 Å². The molecular formula is C28H26N4O3. The van der Waals surface area contributed by atoms with Gasteiger partial charge in [0.1, 0.15) is 0 Å². The lowest BCUT2D eigenvalue weighted by atomic mass is 9.67. The number of nitrogens with one attached hydrogen (secondary N) is 1. The van der Waals surface area contributed by atoms with Crippen molar-refractivity contribution in [1.29, 1.82) is 0 Å². The number of amides is 4. The number of hydrogen-bond acceptors (Lipinski definition) is 5. The summed E-state index contributed by atoms with van der Waals surface area (Å²) in [5.41, 5.74) is 2.51. The SMILES string of the molecule is O=C1NC(=O)[C@]2(Cc3ccccc3N3CCN(c4ccccc4)CC32)C(=O)N1Cc1ccccc1. The first-order valence-electron chi connectivity index (χ1n) is 11.9. The summed E-state index contributed by atoms with van der Waals surface area (Å²) in [7, 11) is 0. The molecule has 176 valence electrons. The Bertz CT molecular complexity index is 1300. The van der Waals surface area contributed by atoms with Crippen LogP contribution in [0.5, 0.6) is 0 Å². The van der Waals surface area contributed by atoms with Crippen molar-refractivity contribution in [3.05, 3.63) is 96.1 Å². The number of carbonyl (C=O) groups is 3. The molecule has 0 saturated carbocycles. The Kier molecular flexibility index (Phi) is 5.06. The van der Waals surface area contributed by atoms with Crippen molar-refractivity contribution in [2.75, 3.05) is 29.4 Å². The number of hydrogen-bond donors (Lipinski definition) is 1. The average Bonchev–Trinajstić information content (AvgIpc) is 2.90. The summed E-state index contributed by atoms with van der Waals surface area (Å²) >= 11 is 0. The van der Waals surface area contributed by atoms with Gasteiger partial charge in [-0.05, 0) is 35.7 Å². The van der Waals surface area contributed by atoms with E-state index in [0.29, 0.717) is 13.1 Å². The standard InChI is InChI=1S/C28H26N4O3/c33-25-28(26(34)32(27(35)29-25)18-20-9-3-1-4-10-20)17-21-11-7-8-14-23(21)31-16-15-30(19-24(28)31)22-12-5-2-6-13-22/h1-14,24H,15-19H2,(H,29,33,35)/t24?,28-/m1/s1. The van der Waals surface area contributed by atoms with Crippen LogP contribution in [0.25, 0.3) is 0 Å². The van der Waals surface area contributed by atoms with Gasteiger partial charge < -0.3 is 9.80 Å². The van der Waals surface area contributed by atoms with Gasteiger partial charge in [-0.1, -0.05) is 66.7 Å². The van der Waals surface area contributed by atoms with Gasteiger partial charge in [0, 0.05) is 31.0 Å².